The number of carbonyl (C=O) groups excluding carboxylic acids is 1. The topological polar surface area (TPSA) is 112 Å². The van der Waals surface area contributed by atoms with Crippen molar-refractivity contribution in [3.8, 4) is 5.88 Å². The number of anilines is 1. The van der Waals surface area contributed by atoms with Gasteiger partial charge in [-0.25, -0.2) is 23.2 Å². The van der Waals surface area contributed by atoms with Crippen molar-refractivity contribution in [1.29, 1.82) is 0 Å². The summed E-state index contributed by atoms with van der Waals surface area (Å²) in [6.45, 7) is 8.59. The second-order valence-corrected chi connectivity index (χ2v) is 9.32. The molecule has 0 unspecified atom stereocenters. The molecular weight excluding hydrogens is 397 g/mol. The van der Waals surface area contributed by atoms with Gasteiger partial charge in [-0.3, -0.25) is 0 Å². The Morgan fingerprint density at radius 3 is 2.72 bits per heavy atom. The maximum atomic E-state index is 14.5. The minimum absolute atomic E-state index is 0.0294. The van der Waals surface area contributed by atoms with E-state index in [-0.39, 0.29) is 22.6 Å². The molecule has 2 aromatic rings. The Morgan fingerprint density at radius 1 is 1.34 bits per heavy atom. The average Bonchev–Trinajstić information content (AvgIpc) is 3.05. The summed E-state index contributed by atoms with van der Waals surface area (Å²) in [6.07, 6.45) is 2.08. The first kappa shape index (κ1) is 21.3. The van der Waals surface area contributed by atoms with E-state index in [0.717, 1.165) is 12.0 Å². The lowest BCUT2D eigenvalue weighted by atomic mass is 9.92. The molecular formula is C19H26FN5O3S. The summed E-state index contributed by atoms with van der Waals surface area (Å²) in [6, 6.07) is 2.10. The number of carbonyl (C=O) groups is 1. The van der Waals surface area contributed by atoms with E-state index in [2.05, 4.69) is 14.8 Å². The average molecular weight is 424 g/mol. The van der Waals surface area contributed by atoms with Crippen molar-refractivity contribution in [2.24, 2.45) is 9.50 Å². The molecule has 8 nitrogen and oxygen atoms in total. The van der Waals surface area contributed by atoms with Gasteiger partial charge in [0.1, 0.15) is 10.7 Å². The maximum absolute atomic E-state index is 14.5. The van der Waals surface area contributed by atoms with Gasteiger partial charge in [-0.05, 0) is 23.5 Å². The number of halogens is 1. The number of nitrogens with one attached hydrogen (secondary N) is 1. The van der Waals surface area contributed by atoms with Crippen LogP contribution in [-0.4, -0.2) is 26.6 Å². The normalized spacial score (nSPS) is 15.6. The van der Waals surface area contributed by atoms with Crippen LogP contribution < -0.4 is 15.2 Å². The molecule has 1 aliphatic heterocycles. The number of hydrogen-bond donors (Lipinski definition) is 2. The van der Waals surface area contributed by atoms with Gasteiger partial charge < -0.3 is 10.1 Å². The molecule has 0 aliphatic carbocycles. The molecule has 1 aromatic heterocycles. The van der Waals surface area contributed by atoms with E-state index in [0.29, 0.717) is 24.4 Å². The van der Waals surface area contributed by atoms with Gasteiger partial charge in [0.2, 0.25) is 5.88 Å². The van der Waals surface area contributed by atoms with Crippen LogP contribution in [-0.2, 0) is 16.5 Å². The summed E-state index contributed by atoms with van der Waals surface area (Å²) < 4.78 is 38.1. The summed E-state index contributed by atoms with van der Waals surface area (Å²) in [5.74, 6) is -0.312. The summed E-state index contributed by atoms with van der Waals surface area (Å²) in [7, 11) is -3.59. The molecule has 1 aromatic carbocycles. The van der Waals surface area contributed by atoms with Gasteiger partial charge in [0.05, 0.1) is 18.5 Å². The van der Waals surface area contributed by atoms with Crippen LogP contribution in [0.4, 0.5) is 14.9 Å². The number of urea groups is 1. The molecule has 158 valence electrons. The number of hydrogen-bond acceptors (Lipinski definition) is 4. The van der Waals surface area contributed by atoms with Gasteiger partial charge in [-0.15, -0.1) is 4.36 Å². The zero-order chi connectivity index (χ0) is 21.3. The number of amides is 2. The third-order valence-electron chi connectivity index (χ3n) is 4.70. The minimum atomic E-state index is -3.59. The highest BCUT2D eigenvalue weighted by atomic mass is 32.2. The molecule has 10 heteroatoms. The quantitative estimate of drug-likeness (QED) is 0.774. The molecule has 2 heterocycles. The highest BCUT2D eigenvalue weighted by molar-refractivity contribution is 7.91. The Morgan fingerprint density at radius 2 is 2.07 bits per heavy atom. The number of ether oxygens (including phenoxy) is 1. The molecule has 0 saturated carbocycles. The number of rotatable bonds is 4. The number of aromatic nitrogens is 2. The highest BCUT2D eigenvalue weighted by Gasteiger charge is 2.25. The van der Waals surface area contributed by atoms with Crippen LogP contribution in [0.5, 0.6) is 5.88 Å². The zero-order valence-corrected chi connectivity index (χ0v) is 17.8. The summed E-state index contributed by atoms with van der Waals surface area (Å²) >= 11 is 0. The SMILES string of the molecule is CC(C)c1ccc(F)c(C(C)C)c1NC(=O)N=[S@](N)(=O)c1cnn2c1OCCC2. The fraction of sp³-hybridized carbons (Fsp3) is 0.474. The van der Waals surface area contributed by atoms with Crippen molar-refractivity contribution in [2.75, 3.05) is 11.9 Å². The Hall–Kier alpha value is -2.46. The molecule has 0 spiro atoms. The Bertz CT molecular complexity index is 1050. The van der Waals surface area contributed by atoms with Crippen LogP contribution >= 0.6 is 0 Å². The summed E-state index contributed by atoms with van der Waals surface area (Å²) in [5, 5.41) is 12.6. The van der Waals surface area contributed by atoms with E-state index < -0.39 is 21.8 Å². The number of benzene rings is 1. The van der Waals surface area contributed by atoms with E-state index in [1.807, 2.05) is 27.7 Å². The largest absolute Gasteiger partial charge is 0.477 e. The first-order valence-corrected chi connectivity index (χ1v) is 11.1. The predicted molar refractivity (Wildman–Crippen MR) is 109 cm³/mol. The third kappa shape index (κ3) is 4.27. The van der Waals surface area contributed by atoms with Crippen LogP contribution in [0.2, 0.25) is 0 Å². The predicted octanol–water partition coefficient (Wildman–Crippen LogP) is 3.98. The van der Waals surface area contributed by atoms with Gasteiger partial charge >= 0.3 is 6.03 Å². The number of fused-ring (bicyclic) bond motifs is 1. The molecule has 29 heavy (non-hydrogen) atoms. The molecule has 0 saturated heterocycles. The van der Waals surface area contributed by atoms with Crippen molar-refractivity contribution in [1.82, 2.24) is 9.78 Å². The van der Waals surface area contributed by atoms with Crippen LogP contribution in [0.15, 0.2) is 27.6 Å². The minimum Gasteiger partial charge on any atom is -0.477 e. The second-order valence-electron chi connectivity index (χ2n) is 7.56. The Kier molecular flexibility index (Phi) is 5.95. The summed E-state index contributed by atoms with van der Waals surface area (Å²) in [4.78, 5) is 12.7. The van der Waals surface area contributed by atoms with Gasteiger partial charge in [0.25, 0.3) is 0 Å². The van der Waals surface area contributed by atoms with Crippen molar-refractivity contribution in [3.05, 3.63) is 35.3 Å². The third-order valence-corrected chi connectivity index (χ3v) is 6.05. The zero-order valence-electron chi connectivity index (χ0n) is 16.9. The molecule has 3 N–H and O–H groups in total. The van der Waals surface area contributed by atoms with Crippen LogP contribution in [0, 0.1) is 5.82 Å². The standard InChI is InChI=1S/C19H26FN5O3S/c1-11(2)13-6-7-14(20)16(12(3)4)17(13)23-19(26)24-29(21,27)15-10-22-25-8-5-9-28-18(15)25/h6-7,10-12H,5,8-9H2,1-4H3,(H3,21,23,24,26,27)/t29-/m0/s1. The Balaban J connectivity index is 2.00. The lowest BCUT2D eigenvalue weighted by Gasteiger charge is -2.20. The van der Waals surface area contributed by atoms with Gasteiger partial charge in [0, 0.05) is 18.5 Å². The van der Waals surface area contributed by atoms with Gasteiger partial charge in [-0.1, -0.05) is 33.8 Å². The fourth-order valence-electron chi connectivity index (χ4n) is 3.34. The number of aryl methyl sites for hydroxylation is 1. The highest BCUT2D eigenvalue weighted by Crippen LogP contribution is 2.35. The first-order valence-electron chi connectivity index (χ1n) is 9.48. The second kappa shape index (κ2) is 8.11. The fourth-order valence-corrected chi connectivity index (χ4v) is 4.35. The van der Waals surface area contributed by atoms with Gasteiger partial charge in [0.15, 0.2) is 9.92 Å². The van der Waals surface area contributed by atoms with Crippen LogP contribution in [0.25, 0.3) is 0 Å². The molecule has 1 atom stereocenters. The van der Waals surface area contributed by atoms with E-state index in [1.54, 1.807) is 10.7 Å². The lowest BCUT2D eigenvalue weighted by molar-refractivity contribution is 0.224. The number of nitrogens with zero attached hydrogens (tertiary/aromatic N) is 3. The molecule has 2 amide bonds. The molecule has 0 radical (unpaired) electrons. The molecule has 0 fully saturated rings. The molecule has 3 rings (SSSR count). The monoisotopic (exact) mass is 423 g/mol. The molecule has 0 bridgehead atoms. The van der Waals surface area contributed by atoms with Crippen molar-refractivity contribution >= 4 is 21.6 Å². The van der Waals surface area contributed by atoms with Crippen molar-refractivity contribution < 1.29 is 18.1 Å². The van der Waals surface area contributed by atoms with E-state index in [9.17, 15) is 13.4 Å². The van der Waals surface area contributed by atoms with E-state index in [4.69, 9.17) is 9.88 Å². The first-order chi connectivity index (χ1) is 13.6. The van der Waals surface area contributed by atoms with Crippen LogP contribution in [0.1, 0.15) is 57.1 Å². The summed E-state index contributed by atoms with van der Waals surface area (Å²) in [5.41, 5.74) is 1.47. The maximum Gasteiger partial charge on any atom is 0.354 e. The van der Waals surface area contributed by atoms with Crippen LogP contribution in [0.3, 0.4) is 0 Å². The van der Waals surface area contributed by atoms with Gasteiger partial charge in [-0.2, -0.15) is 5.10 Å². The van der Waals surface area contributed by atoms with Crippen molar-refractivity contribution in [3.63, 3.8) is 0 Å². The smallest absolute Gasteiger partial charge is 0.354 e. The molecule has 1 aliphatic rings. The lowest BCUT2D eigenvalue weighted by Crippen LogP contribution is -2.21. The van der Waals surface area contributed by atoms with Crippen molar-refractivity contribution in [2.45, 2.75) is 57.4 Å². The van der Waals surface area contributed by atoms with E-state index in [1.165, 1.54) is 12.3 Å². The van der Waals surface area contributed by atoms with E-state index >= 15 is 0 Å². The Labute approximate surface area is 169 Å². The number of nitrogens with two attached hydrogens (primary N) is 1.